The van der Waals surface area contributed by atoms with Crippen molar-refractivity contribution in [2.45, 2.75) is 33.3 Å². The molecular formula is C14H20FNO2. The van der Waals surface area contributed by atoms with Crippen LogP contribution in [0.15, 0.2) is 24.3 Å². The Kier molecular flexibility index (Phi) is 4.70. The number of ether oxygens (including phenoxy) is 1. The first-order valence-electron chi connectivity index (χ1n) is 6.04. The molecule has 0 radical (unpaired) electrons. The Morgan fingerprint density at radius 1 is 1.39 bits per heavy atom. The van der Waals surface area contributed by atoms with Gasteiger partial charge in [0.2, 0.25) is 0 Å². The molecule has 0 heterocycles. The Bertz CT molecular complexity index is 413. The summed E-state index contributed by atoms with van der Waals surface area (Å²) < 4.78 is 18.4. The standard InChI is InChI=1S/C14H20FNO2/c1-5-16(10-13(17)18-14(2,3)4)12-8-6-7-11(15)9-12/h6-9H,5,10H2,1-4H3. The summed E-state index contributed by atoms with van der Waals surface area (Å²) in [6.07, 6.45) is 0. The molecule has 0 saturated carbocycles. The largest absolute Gasteiger partial charge is 0.459 e. The summed E-state index contributed by atoms with van der Waals surface area (Å²) in [5.74, 6) is -0.622. The minimum atomic E-state index is -0.502. The minimum Gasteiger partial charge on any atom is -0.459 e. The molecule has 0 fully saturated rings. The summed E-state index contributed by atoms with van der Waals surface area (Å²) in [6.45, 7) is 8.12. The summed E-state index contributed by atoms with van der Waals surface area (Å²) >= 11 is 0. The van der Waals surface area contributed by atoms with E-state index in [1.807, 2.05) is 27.7 Å². The lowest BCUT2D eigenvalue weighted by atomic mass is 10.2. The zero-order valence-electron chi connectivity index (χ0n) is 11.4. The summed E-state index contributed by atoms with van der Waals surface area (Å²) in [4.78, 5) is 13.5. The number of esters is 1. The fourth-order valence-electron chi connectivity index (χ4n) is 1.59. The Balaban J connectivity index is 2.71. The van der Waals surface area contributed by atoms with Crippen molar-refractivity contribution in [1.82, 2.24) is 0 Å². The molecule has 1 rings (SSSR count). The molecule has 18 heavy (non-hydrogen) atoms. The van der Waals surface area contributed by atoms with Gasteiger partial charge in [0.1, 0.15) is 18.0 Å². The zero-order valence-corrected chi connectivity index (χ0v) is 11.4. The van der Waals surface area contributed by atoms with Crippen LogP contribution in [0.25, 0.3) is 0 Å². The van der Waals surface area contributed by atoms with Gasteiger partial charge in [-0.2, -0.15) is 0 Å². The average molecular weight is 253 g/mol. The van der Waals surface area contributed by atoms with Crippen LogP contribution in [0.2, 0.25) is 0 Å². The van der Waals surface area contributed by atoms with E-state index in [0.717, 1.165) is 0 Å². The van der Waals surface area contributed by atoms with E-state index in [1.54, 1.807) is 17.0 Å². The molecule has 1 aromatic carbocycles. The third kappa shape index (κ3) is 4.73. The molecule has 0 aromatic heterocycles. The van der Waals surface area contributed by atoms with Crippen LogP contribution >= 0.6 is 0 Å². The molecule has 0 N–H and O–H groups in total. The van der Waals surface area contributed by atoms with Crippen LogP contribution in [-0.4, -0.2) is 24.7 Å². The molecule has 1 aromatic rings. The van der Waals surface area contributed by atoms with E-state index >= 15 is 0 Å². The highest BCUT2D eigenvalue weighted by Gasteiger charge is 2.18. The SMILES string of the molecule is CCN(CC(=O)OC(C)(C)C)c1cccc(F)c1. The number of anilines is 1. The van der Waals surface area contributed by atoms with E-state index in [0.29, 0.717) is 12.2 Å². The first-order chi connectivity index (χ1) is 8.31. The van der Waals surface area contributed by atoms with Gasteiger partial charge in [-0.15, -0.1) is 0 Å². The predicted octanol–water partition coefficient (Wildman–Crippen LogP) is 2.99. The fourth-order valence-corrected chi connectivity index (χ4v) is 1.59. The number of halogens is 1. The monoisotopic (exact) mass is 253 g/mol. The lowest BCUT2D eigenvalue weighted by molar-refractivity contribution is -0.153. The molecule has 0 aliphatic carbocycles. The van der Waals surface area contributed by atoms with Gasteiger partial charge >= 0.3 is 5.97 Å². The maximum Gasteiger partial charge on any atom is 0.326 e. The van der Waals surface area contributed by atoms with Crippen LogP contribution in [0.4, 0.5) is 10.1 Å². The minimum absolute atomic E-state index is 0.122. The topological polar surface area (TPSA) is 29.5 Å². The van der Waals surface area contributed by atoms with Gasteiger partial charge < -0.3 is 9.64 Å². The zero-order chi connectivity index (χ0) is 13.8. The van der Waals surface area contributed by atoms with Gasteiger partial charge in [0.05, 0.1) is 0 Å². The highest BCUT2D eigenvalue weighted by atomic mass is 19.1. The quantitative estimate of drug-likeness (QED) is 0.773. The first-order valence-corrected chi connectivity index (χ1v) is 6.04. The molecule has 4 heteroatoms. The normalized spacial score (nSPS) is 11.2. The number of carbonyl (C=O) groups excluding carboxylic acids is 1. The van der Waals surface area contributed by atoms with Gasteiger partial charge in [-0.05, 0) is 45.9 Å². The molecule has 0 spiro atoms. The number of rotatable bonds is 4. The van der Waals surface area contributed by atoms with E-state index in [4.69, 9.17) is 4.74 Å². The Morgan fingerprint density at radius 2 is 2.06 bits per heavy atom. The van der Waals surface area contributed by atoms with Gasteiger partial charge in [0.15, 0.2) is 0 Å². The van der Waals surface area contributed by atoms with Crippen molar-refractivity contribution in [3.05, 3.63) is 30.1 Å². The number of nitrogens with zero attached hydrogens (tertiary/aromatic N) is 1. The third-order valence-electron chi connectivity index (χ3n) is 2.30. The van der Waals surface area contributed by atoms with Crippen molar-refractivity contribution in [3.8, 4) is 0 Å². The van der Waals surface area contributed by atoms with Crippen LogP contribution in [0.1, 0.15) is 27.7 Å². The van der Waals surface area contributed by atoms with Gasteiger partial charge in [-0.3, -0.25) is 4.79 Å². The van der Waals surface area contributed by atoms with Crippen LogP contribution < -0.4 is 4.90 Å². The van der Waals surface area contributed by atoms with E-state index in [-0.39, 0.29) is 18.3 Å². The molecule has 0 atom stereocenters. The molecule has 0 amide bonds. The summed E-state index contributed by atoms with van der Waals surface area (Å²) in [5, 5.41) is 0. The molecular weight excluding hydrogens is 233 g/mol. The summed E-state index contributed by atoms with van der Waals surface area (Å²) in [5.41, 5.74) is 0.182. The van der Waals surface area contributed by atoms with Gasteiger partial charge in [0.25, 0.3) is 0 Å². The molecule has 0 bridgehead atoms. The van der Waals surface area contributed by atoms with Crippen LogP contribution in [0, 0.1) is 5.82 Å². The van der Waals surface area contributed by atoms with Crippen molar-refractivity contribution in [3.63, 3.8) is 0 Å². The number of hydrogen-bond donors (Lipinski definition) is 0. The second-order valence-electron chi connectivity index (χ2n) is 5.08. The number of likely N-dealkylation sites (N-methyl/N-ethyl adjacent to an activating group) is 1. The molecule has 3 nitrogen and oxygen atoms in total. The van der Waals surface area contributed by atoms with Crippen molar-refractivity contribution in [2.24, 2.45) is 0 Å². The molecule has 0 aliphatic rings. The highest BCUT2D eigenvalue weighted by molar-refractivity contribution is 5.76. The van der Waals surface area contributed by atoms with Gasteiger partial charge in [-0.1, -0.05) is 6.07 Å². The van der Waals surface area contributed by atoms with Crippen molar-refractivity contribution < 1.29 is 13.9 Å². The third-order valence-corrected chi connectivity index (χ3v) is 2.30. The molecule has 0 unspecified atom stereocenters. The molecule has 0 saturated heterocycles. The van der Waals surface area contributed by atoms with Crippen molar-refractivity contribution >= 4 is 11.7 Å². The number of carbonyl (C=O) groups is 1. The second-order valence-corrected chi connectivity index (χ2v) is 5.08. The van der Waals surface area contributed by atoms with Crippen molar-refractivity contribution in [2.75, 3.05) is 18.0 Å². The maximum absolute atomic E-state index is 13.1. The van der Waals surface area contributed by atoms with Crippen LogP contribution in [0.3, 0.4) is 0 Å². The average Bonchev–Trinajstić information content (AvgIpc) is 2.23. The van der Waals surface area contributed by atoms with E-state index < -0.39 is 5.60 Å². The van der Waals surface area contributed by atoms with Gasteiger partial charge in [-0.25, -0.2) is 4.39 Å². The fraction of sp³-hybridized carbons (Fsp3) is 0.500. The second kappa shape index (κ2) is 5.85. The van der Waals surface area contributed by atoms with Crippen LogP contribution in [0.5, 0.6) is 0 Å². The summed E-state index contributed by atoms with van der Waals surface area (Å²) in [7, 11) is 0. The number of hydrogen-bond acceptors (Lipinski definition) is 3. The Hall–Kier alpha value is -1.58. The van der Waals surface area contributed by atoms with Gasteiger partial charge in [0, 0.05) is 12.2 Å². The molecule has 100 valence electrons. The predicted molar refractivity (Wildman–Crippen MR) is 70.1 cm³/mol. The maximum atomic E-state index is 13.1. The van der Waals surface area contributed by atoms with E-state index in [2.05, 4.69) is 0 Å². The Morgan fingerprint density at radius 3 is 2.56 bits per heavy atom. The van der Waals surface area contributed by atoms with Crippen LogP contribution in [-0.2, 0) is 9.53 Å². The Labute approximate surface area is 108 Å². The first kappa shape index (κ1) is 14.5. The molecule has 0 aliphatic heterocycles. The van der Waals surface area contributed by atoms with E-state index in [9.17, 15) is 9.18 Å². The van der Waals surface area contributed by atoms with Crippen molar-refractivity contribution in [1.29, 1.82) is 0 Å². The smallest absolute Gasteiger partial charge is 0.326 e. The highest BCUT2D eigenvalue weighted by Crippen LogP contribution is 2.16. The lowest BCUT2D eigenvalue weighted by Crippen LogP contribution is -2.34. The summed E-state index contributed by atoms with van der Waals surface area (Å²) in [6, 6.07) is 6.19. The number of benzene rings is 1. The lowest BCUT2D eigenvalue weighted by Gasteiger charge is -2.25. The van der Waals surface area contributed by atoms with E-state index in [1.165, 1.54) is 12.1 Å².